The molecule has 0 radical (unpaired) electrons. The van der Waals surface area contributed by atoms with Crippen LogP contribution in [0.5, 0.6) is 0 Å². The van der Waals surface area contributed by atoms with Crippen molar-refractivity contribution >= 4 is 17.7 Å². The maximum atomic E-state index is 12.8. The van der Waals surface area contributed by atoms with E-state index >= 15 is 0 Å². The zero-order chi connectivity index (χ0) is 17.5. The molecule has 1 aromatic carbocycles. The van der Waals surface area contributed by atoms with Gasteiger partial charge in [0, 0.05) is 38.7 Å². The molecule has 136 valence electrons. The summed E-state index contributed by atoms with van der Waals surface area (Å²) in [5.74, 6) is 1.59. The summed E-state index contributed by atoms with van der Waals surface area (Å²) in [5.41, 5.74) is 0. The van der Waals surface area contributed by atoms with E-state index in [2.05, 4.69) is 15.6 Å². The van der Waals surface area contributed by atoms with Crippen LogP contribution in [0, 0.1) is 5.82 Å². The van der Waals surface area contributed by atoms with Crippen molar-refractivity contribution in [2.75, 3.05) is 52.8 Å². The van der Waals surface area contributed by atoms with Gasteiger partial charge in [-0.2, -0.15) is 0 Å². The highest BCUT2D eigenvalue weighted by Crippen LogP contribution is 2.18. The number of hydrogen-bond donors (Lipinski definition) is 2. The molecule has 0 atom stereocenters. The molecule has 0 aliphatic rings. The van der Waals surface area contributed by atoms with E-state index in [1.54, 1.807) is 25.9 Å². The lowest BCUT2D eigenvalue weighted by Crippen LogP contribution is -2.38. The zero-order valence-electron chi connectivity index (χ0n) is 14.5. The van der Waals surface area contributed by atoms with E-state index in [4.69, 9.17) is 9.47 Å². The molecule has 5 nitrogen and oxygen atoms in total. The number of ether oxygens (including phenoxy) is 2. The summed E-state index contributed by atoms with van der Waals surface area (Å²) in [6.07, 6.45) is 1.92. The Hall–Kier alpha value is -1.31. The molecule has 0 unspecified atom stereocenters. The Balaban J connectivity index is 2.00. The van der Waals surface area contributed by atoms with Gasteiger partial charge in [0.25, 0.3) is 0 Å². The number of aliphatic imine (C=N–C) groups is 1. The SMILES string of the molecule is CN=C(NCCCOCCOC)NCCCSc1ccc(F)cc1. The minimum absolute atomic E-state index is 0.194. The number of benzene rings is 1. The largest absolute Gasteiger partial charge is 0.382 e. The molecule has 0 saturated carbocycles. The first-order valence-corrected chi connectivity index (χ1v) is 9.14. The summed E-state index contributed by atoms with van der Waals surface area (Å²) in [4.78, 5) is 5.28. The van der Waals surface area contributed by atoms with Gasteiger partial charge in [-0.25, -0.2) is 4.39 Å². The summed E-state index contributed by atoms with van der Waals surface area (Å²) >= 11 is 1.73. The van der Waals surface area contributed by atoms with Gasteiger partial charge in [0.2, 0.25) is 0 Å². The highest BCUT2D eigenvalue weighted by Gasteiger charge is 1.98. The fourth-order valence-corrected chi connectivity index (χ4v) is 2.70. The van der Waals surface area contributed by atoms with Crippen LogP contribution >= 0.6 is 11.8 Å². The lowest BCUT2D eigenvalue weighted by molar-refractivity contribution is 0.0698. The molecular weight excluding hydrogens is 329 g/mol. The van der Waals surface area contributed by atoms with Crippen molar-refractivity contribution in [3.05, 3.63) is 30.1 Å². The van der Waals surface area contributed by atoms with Gasteiger partial charge in [-0.1, -0.05) is 0 Å². The predicted octanol–water partition coefficient (Wildman–Crippen LogP) is 2.53. The van der Waals surface area contributed by atoms with E-state index in [0.29, 0.717) is 19.8 Å². The molecule has 24 heavy (non-hydrogen) atoms. The molecule has 0 saturated heterocycles. The lowest BCUT2D eigenvalue weighted by atomic mass is 10.4. The minimum Gasteiger partial charge on any atom is -0.382 e. The lowest BCUT2D eigenvalue weighted by Gasteiger charge is -2.12. The van der Waals surface area contributed by atoms with Crippen LogP contribution in [0.1, 0.15) is 12.8 Å². The molecule has 2 N–H and O–H groups in total. The van der Waals surface area contributed by atoms with Gasteiger partial charge >= 0.3 is 0 Å². The summed E-state index contributed by atoms with van der Waals surface area (Å²) in [6, 6.07) is 6.60. The summed E-state index contributed by atoms with van der Waals surface area (Å²) in [6.45, 7) is 3.64. The first-order chi connectivity index (χ1) is 11.8. The molecule has 1 aromatic rings. The maximum absolute atomic E-state index is 12.8. The standard InChI is InChI=1S/C17H28FN3O2S/c1-19-17(20-9-3-11-23-13-12-22-2)21-10-4-14-24-16-7-5-15(18)6-8-16/h5-8H,3-4,9-14H2,1-2H3,(H2,19,20,21). The second kappa shape index (κ2) is 14.1. The van der Waals surface area contributed by atoms with Gasteiger partial charge in [-0.05, 0) is 42.9 Å². The summed E-state index contributed by atoms with van der Waals surface area (Å²) in [7, 11) is 3.43. The maximum Gasteiger partial charge on any atom is 0.190 e. The topological polar surface area (TPSA) is 54.9 Å². The van der Waals surface area contributed by atoms with Gasteiger partial charge in [0.05, 0.1) is 13.2 Å². The Morgan fingerprint density at radius 1 is 1.08 bits per heavy atom. The Kier molecular flexibility index (Phi) is 12.2. The summed E-state index contributed by atoms with van der Waals surface area (Å²) < 4.78 is 23.1. The van der Waals surface area contributed by atoms with Crippen molar-refractivity contribution < 1.29 is 13.9 Å². The number of methoxy groups -OCH3 is 1. The van der Waals surface area contributed by atoms with Crippen LogP contribution in [0.2, 0.25) is 0 Å². The first kappa shape index (κ1) is 20.7. The van der Waals surface area contributed by atoms with Crippen LogP contribution in [0.4, 0.5) is 4.39 Å². The quantitative estimate of drug-likeness (QED) is 0.261. The average Bonchev–Trinajstić information content (AvgIpc) is 2.60. The van der Waals surface area contributed by atoms with Crippen molar-refractivity contribution in [2.24, 2.45) is 4.99 Å². The molecule has 0 bridgehead atoms. The zero-order valence-corrected chi connectivity index (χ0v) is 15.3. The number of halogens is 1. The number of nitrogens with zero attached hydrogens (tertiary/aromatic N) is 1. The average molecular weight is 357 g/mol. The third kappa shape index (κ3) is 10.5. The van der Waals surface area contributed by atoms with Crippen molar-refractivity contribution in [3.63, 3.8) is 0 Å². The Labute approximate surface area is 148 Å². The molecule has 1 rings (SSSR count). The molecule has 0 aromatic heterocycles. The Morgan fingerprint density at radius 3 is 2.46 bits per heavy atom. The predicted molar refractivity (Wildman–Crippen MR) is 98.4 cm³/mol. The van der Waals surface area contributed by atoms with Gasteiger partial charge < -0.3 is 20.1 Å². The van der Waals surface area contributed by atoms with Crippen LogP contribution in [-0.2, 0) is 9.47 Å². The molecule has 0 amide bonds. The fourth-order valence-electron chi connectivity index (χ4n) is 1.85. The Bertz CT molecular complexity index is 458. The van der Waals surface area contributed by atoms with Crippen LogP contribution in [0.15, 0.2) is 34.2 Å². The van der Waals surface area contributed by atoms with E-state index in [1.165, 1.54) is 12.1 Å². The normalized spacial score (nSPS) is 11.5. The van der Waals surface area contributed by atoms with Crippen molar-refractivity contribution in [2.45, 2.75) is 17.7 Å². The number of thioether (sulfide) groups is 1. The van der Waals surface area contributed by atoms with Crippen molar-refractivity contribution in [1.29, 1.82) is 0 Å². The minimum atomic E-state index is -0.194. The van der Waals surface area contributed by atoms with E-state index in [-0.39, 0.29) is 5.82 Å². The number of nitrogens with one attached hydrogen (secondary N) is 2. The van der Waals surface area contributed by atoms with Gasteiger partial charge in [-0.3, -0.25) is 4.99 Å². The highest BCUT2D eigenvalue weighted by molar-refractivity contribution is 7.99. The second-order valence-electron chi connectivity index (χ2n) is 5.04. The second-order valence-corrected chi connectivity index (χ2v) is 6.21. The monoisotopic (exact) mass is 357 g/mol. The number of guanidine groups is 1. The molecular formula is C17H28FN3O2S. The van der Waals surface area contributed by atoms with Crippen LogP contribution in [0.3, 0.4) is 0 Å². The molecule has 0 aliphatic carbocycles. The van der Waals surface area contributed by atoms with Crippen molar-refractivity contribution in [3.8, 4) is 0 Å². The highest BCUT2D eigenvalue weighted by atomic mass is 32.2. The van der Waals surface area contributed by atoms with E-state index < -0.39 is 0 Å². The first-order valence-electron chi connectivity index (χ1n) is 8.16. The van der Waals surface area contributed by atoms with Gasteiger partial charge in [0.15, 0.2) is 5.96 Å². The smallest absolute Gasteiger partial charge is 0.190 e. The Morgan fingerprint density at radius 2 is 1.79 bits per heavy atom. The third-order valence-corrected chi connectivity index (χ3v) is 4.21. The van der Waals surface area contributed by atoms with E-state index in [1.807, 2.05) is 12.1 Å². The third-order valence-electron chi connectivity index (χ3n) is 3.11. The molecule has 0 fully saturated rings. The van der Waals surface area contributed by atoms with Crippen LogP contribution < -0.4 is 10.6 Å². The van der Waals surface area contributed by atoms with Crippen LogP contribution in [0.25, 0.3) is 0 Å². The summed E-state index contributed by atoms with van der Waals surface area (Å²) in [5, 5.41) is 6.54. The molecule has 0 spiro atoms. The number of hydrogen-bond acceptors (Lipinski definition) is 4. The van der Waals surface area contributed by atoms with Gasteiger partial charge in [0.1, 0.15) is 5.82 Å². The van der Waals surface area contributed by atoms with Gasteiger partial charge in [-0.15, -0.1) is 11.8 Å². The van der Waals surface area contributed by atoms with Crippen molar-refractivity contribution in [1.82, 2.24) is 10.6 Å². The van der Waals surface area contributed by atoms with E-state index in [9.17, 15) is 4.39 Å². The molecule has 0 heterocycles. The number of rotatable bonds is 12. The molecule has 7 heteroatoms. The van der Waals surface area contributed by atoms with Crippen LogP contribution in [-0.4, -0.2) is 58.8 Å². The van der Waals surface area contributed by atoms with E-state index in [0.717, 1.165) is 42.5 Å². The molecule has 0 aliphatic heterocycles. The fraction of sp³-hybridized carbons (Fsp3) is 0.588.